The van der Waals surface area contributed by atoms with Crippen molar-refractivity contribution in [1.29, 1.82) is 0 Å². The van der Waals surface area contributed by atoms with Crippen molar-refractivity contribution in [2.24, 2.45) is 0 Å². The second-order valence-electron chi connectivity index (χ2n) is 4.82. The van der Waals surface area contributed by atoms with Gasteiger partial charge in [-0.1, -0.05) is 0 Å². The molecule has 0 saturated carbocycles. The Morgan fingerprint density at radius 3 is 2.71 bits per heavy atom. The van der Waals surface area contributed by atoms with Gasteiger partial charge in [-0.25, -0.2) is 15.0 Å². The molecule has 0 bridgehead atoms. The van der Waals surface area contributed by atoms with E-state index in [1.807, 2.05) is 12.1 Å². The van der Waals surface area contributed by atoms with Crippen LogP contribution in [-0.4, -0.2) is 51.2 Å². The van der Waals surface area contributed by atoms with E-state index in [1.165, 1.54) is 0 Å². The summed E-state index contributed by atoms with van der Waals surface area (Å²) in [5.74, 6) is 1.67. The van der Waals surface area contributed by atoms with Gasteiger partial charge in [0.05, 0.1) is 13.2 Å². The molecule has 3 aromatic heterocycles. The average Bonchev–Trinajstić information content (AvgIpc) is 3.00. The normalized spacial score (nSPS) is 15.5. The molecule has 7 heteroatoms. The number of nitrogens with one attached hydrogen (secondary N) is 1. The molecule has 1 fully saturated rings. The van der Waals surface area contributed by atoms with E-state index in [0.717, 1.165) is 49.0 Å². The third kappa shape index (κ3) is 2.21. The molecule has 21 heavy (non-hydrogen) atoms. The number of fused-ring (bicyclic) bond motifs is 1. The molecule has 4 heterocycles. The fraction of sp³-hybridized carbons (Fsp3) is 0.286. The molecule has 0 amide bonds. The number of hydrogen-bond donors (Lipinski definition) is 1. The van der Waals surface area contributed by atoms with Crippen LogP contribution in [0.2, 0.25) is 0 Å². The number of morpholine rings is 1. The lowest BCUT2D eigenvalue weighted by Crippen LogP contribution is -2.36. The summed E-state index contributed by atoms with van der Waals surface area (Å²) in [5, 5.41) is 0. The third-order valence-electron chi connectivity index (χ3n) is 3.53. The number of anilines is 1. The lowest BCUT2D eigenvalue weighted by atomic mass is 10.2. The van der Waals surface area contributed by atoms with Crippen LogP contribution in [0.5, 0.6) is 0 Å². The van der Waals surface area contributed by atoms with Gasteiger partial charge in [0, 0.05) is 31.0 Å². The highest BCUT2D eigenvalue weighted by atomic mass is 16.5. The van der Waals surface area contributed by atoms with Crippen LogP contribution in [0.1, 0.15) is 0 Å². The van der Waals surface area contributed by atoms with E-state index in [4.69, 9.17) is 4.74 Å². The number of aromatic amines is 1. The highest BCUT2D eigenvalue weighted by Gasteiger charge is 2.18. The molecular formula is C14H14N6O. The first-order valence-electron chi connectivity index (χ1n) is 6.85. The molecule has 106 valence electrons. The van der Waals surface area contributed by atoms with E-state index in [-0.39, 0.29) is 0 Å². The lowest BCUT2D eigenvalue weighted by Gasteiger charge is -2.27. The molecule has 1 N–H and O–H groups in total. The maximum Gasteiger partial charge on any atom is 0.183 e. The summed E-state index contributed by atoms with van der Waals surface area (Å²) in [6.07, 6.45) is 5.05. The topological polar surface area (TPSA) is 79.8 Å². The molecule has 0 unspecified atom stereocenters. The third-order valence-corrected chi connectivity index (χ3v) is 3.53. The van der Waals surface area contributed by atoms with Gasteiger partial charge in [0.15, 0.2) is 11.5 Å². The quantitative estimate of drug-likeness (QED) is 0.762. The minimum absolute atomic E-state index is 0.679. The standard InChI is InChI=1S/C14H14N6O/c1-3-15-4-2-10(1)12-18-11-13(19-12)16-9-17-14(11)20-5-7-21-8-6-20/h1-4,9H,5-8H2,(H,16,17,18,19). The molecule has 1 saturated heterocycles. The van der Waals surface area contributed by atoms with Crippen LogP contribution in [0.15, 0.2) is 30.9 Å². The van der Waals surface area contributed by atoms with Crippen molar-refractivity contribution in [3.8, 4) is 11.4 Å². The number of aromatic nitrogens is 5. The molecule has 0 radical (unpaired) electrons. The van der Waals surface area contributed by atoms with Gasteiger partial charge in [0.2, 0.25) is 0 Å². The first kappa shape index (κ1) is 12.2. The molecule has 0 atom stereocenters. The zero-order chi connectivity index (χ0) is 14.1. The zero-order valence-corrected chi connectivity index (χ0v) is 11.4. The van der Waals surface area contributed by atoms with Gasteiger partial charge in [0.1, 0.15) is 17.7 Å². The summed E-state index contributed by atoms with van der Waals surface area (Å²) in [6.45, 7) is 3.10. The van der Waals surface area contributed by atoms with E-state index in [1.54, 1.807) is 18.7 Å². The van der Waals surface area contributed by atoms with Crippen LogP contribution in [0.4, 0.5) is 5.82 Å². The van der Waals surface area contributed by atoms with E-state index in [2.05, 4.69) is 29.8 Å². The molecule has 1 aliphatic rings. The van der Waals surface area contributed by atoms with Crippen molar-refractivity contribution in [2.75, 3.05) is 31.2 Å². The number of rotatable bonds is 2. The van der Waals surface area contributed by atoms with Crippen molar-refractivity contribution in [2.45, 2.75) is 0 Å². The summed E-state index contributed by atoms with van der Waals surface area (Å²) in [6, 6.07) is 3.83. The second-order valence-corrected chi connectivity index (χ2v) is 4.82. The number of pyridine rings is 1. The van der Waals surface area contributed by atoms with Gasteiger partial charge < -0.3 is 14.6 Å². The Labute approximate surface area is 121 Å². The van der Waals surface area contributed by atoms with Crippen molar-refractivity contribution < 1.29 is 4.74 Å². The van der Waals surface area contributed by atoms with Gasteiger partial charge >= 0.3 is 0 Å². The molecule has 4 rings (SSSR count). The van der Waals surface area contributed by atoms with Crippen molar-refractivity contribution in [1.82, 2.24) is 24.9 Å². The van der Waals surface area contributed by atoms with Crippen LogP contribution in [0.25, 0.3) is 22.6 Å². The number of nitrogens with zero attached hydrogens (tertiary/aromatic N) is 5. The maximum absolute atomic E-state index is 5.39. The van der Waals surface area contributed by atoms with Crippen molar-refractivity contribution in [3.63, 3.8) is 0 Å². The summed E-state index contributed by atoms with van der Waals surface area (Å²) < 4.78 is 5.39. The summed E-state index contributed by atoms with van der Waals surface area (Å²) in [5.41, 5.74) is 2.53. The summed E-state index contributed by atoms with van der Waals surface area (Å²) in [4.78, 5) is 22.8. The molecule has 3 aromatic rings. The van der Waals surface area contributed by atoms with E-state index in [0.29, 0.717) is 5.65 Å². The first-order chi connectivity index (χ1) is 10.4. The smallest absolute Gasteiger partial charge is 0.183 e. The van der Waals surface area contributed by atoms with Gasteiger partial charge in [0.25, 0.3) is 0 Å². The SMILES string of the molecule is c1cc(-c2nc3ncnc(N4CCOCC4)c3[nH]2)ccn1. The lowest BCUT2D eigenvalue weighted by molar-refractivity contribution is 0.122. The van der Waals surface area contributed by atoms with Gasteiger partial charge in [-0.05, 0) is 12.1 Å². The Hall–Kier alpha value is -2.54. The Balaban J connectivity index is 1.80. The van der Waals surface area contributed by atoms with Gasteiger partial charge in [-0.2, -0.15) is 0 Å². The molecule has 0 aliphatic carbocycles. The molecule has 1 aliphatic heterocycles. The monoisotopic (exact) mass is 282 g/mol. The van der Waals surface area contributed by atoms with E-state index in [9.17, 15) is 0 Å². The molecule has 0 spiro atoms. The van der Waals surface area contributed by atoms with Crippen LogP contribution < -0.4 is 4.90 Å². The molecule has 0 aromatic carbocycles. The van der Waals surface area contributed by atoms with Gasteiger partial charge in [-0.3, -0.25) is 4.98 Å². The van der Waals surface area contributed by atoms with Crippen LogP contribution in [0, 0.1) is 0 Å². The fourth-order valence-corrected chi connectivity index (χ4v) is 2.48. The maximum atomic E-state index is 5.39. The Bertz CT molecular complexity index is 751. The highest BCUT2D eigenvalue weighted by Crippen LogP contribution is 2.25. The fourth-order valence-electron chi connectivity index (χ4n) is 2.48. The second kappa shape index (κ2) is 5.10. The Morgan fingerprint density at radius 1 is 1.10 bits per heavy atom. The number of hydrogen-bond acceptors (Lipinski definition) is 6. The molecule has 7 nitrogen and oxygen atoms in total. The summed E-state index contributed by atoms with van der Waals surface area (Å²) >= 11 is 0. The average molecular weight is 282 g/mol. The number of imidazole rings is 1. The largest absolute Gasteiger partial charge is 0.378 e. The van der Waals surface area contributed by atoms with Gasteiger partial charge in [-0.15, -0.1) is 0 Å². The predicted molar refractivity (Wildman–Crippen MR) is 77.9 cm³/mol. The number of ether oxygens (including phenoxy) is 1. The van der Waals surface area contributed by atoms with Crippen LogP contribution >= 0.6 is 0 Å². The number of H-pyrrole nitrogens is 1. The first-order valence-corrected chi connectivity index (χ1v) is 6.85. The van der Waals surface area contributed by atoms with Crippen LogP contribution in [-0.2, 0) is 4.74 Å². The minimum Gasteiger partial charge on any atom is -0.378 e. The Morgan fingerprint density at radius 2 is 1.90 bits per heavy atom. The van der Waals surface area contributed by atoms with Crippen molar-refractivity contribution in [3.05, 3.63) is 30.9 Å². The predicted octanol–water partition coefficient (Wildman–Crippen LogP) is 1.25. The highest BCUT2D eigenvalue weighted by molar-refractivity contribution is 5.85. The summed E-state index contributed by atoms with van der Waals surface area (Å²) in [7, 11) is 0. The molecular weight excluding hydrogens is 268 g/mol. The van der Waals surface area contributed by atoms with Crippen LogP contribution in [0.3, 0.4) is 0 Å². The van der Waals surface area contributed by atoms with Crippen molar-refractivity contribution >= 4 is 17.0 Å². The van der Waals surface area contributed by atoms with E-state index >= 15 is 0 Å². The van der Waals surface area contributed by atoms with E-state index < -0.39 is 0 Å². The Kier molecular flexibility index (Phi) is 2.97. The minimum atomic E-state index is 0.679. The zero-order valence-electron chi connectivity index (χ0n) is 11.4.